The SMILES string of the molecule is CN(C)Cc1ccc(NC(=C2C(=O)Nc3cc(F)ccc32)c2ccc(CNC(=O)OC(C)(C)C)cc2)cc1. The van der Waals surface area contributed by atoms with Gasteiger partial charge in [0.1, 0.15) is 11.4 Å². The number of nitrogens with one attached hydrogen (secondary N) is 3. The van der Waals surface area contributed by atoms with Gasteiger partial charge in [-0.15, -0.1) is 0 Å². The van der Waals surface area contributed by atoms with Gasteiger partial charge in [-0.2, -0.15) is 0 Å². The molecular formula is C30H33FN4O3. The lowest BCUT2D eigenvalue weighted by molar-refractivity contribution is -0.110. The van der Waals surface area contributed by atoms with Crippen LogP contribution in [0, 0.1) is 5.82 Å². The highest BCUT2D eigenvalue weighted by molar-refractivity contribution is 6.37. The molecule has 0 spiro atoms. The number of hydrogen-bond donors (Lipinski definition) is 3. The molecule has 3 aromatic carbocycles. The van der Waals surface area contributed by atoms with Crippen molar-refractivity contribution in [1.29, 1.82) is 0 Å². The molecule has 3 N–H and O–H groups in total. The minimum absolute atomic E-state index is 0.296. The second-order valence-electron chi connectivity index (χ2n) is 10.5. The number of nitrogens with zero attached hydrogens (tertiary/aromatic N) is 1. The molecule has 0 atom stereocenters. The molecule has 0 aliphatic carbocycles. The van der Waals surface area contributed by atoms with Gasteiger partial charge in [0.15, 0.2) is 0 Å². The van der Waals surface area contributed by atoms with Gasteiger partial charge in [-0.25, -0.2) is 9.18 Å². The first-order valence-electron chi connectivity index (χ1n) is 12.4. The lowest BCUT2D eigenvalue weighted by Gasteiger charge is -2.19. The summed E-state index contributed by atoms with van der Waals surface area (Å²) in [6.07, 6.45) is -0.491. The van der Waals surface area contributed by atoms with E-state index in [1.165, 1.54) is 12.1 Å². The summed E-state index contributed by atoms with van der Waals surface area (Å²) in [5.41, 5.74) is 5.12. The number of fused-ring (bicyclic) bond motifs is 1. The predicted molar refractivity (Wildman–Crippen MR) is 149 cm³/mol. The van der Waals surface area contributed by atoms with Crippen LogP contribution in [-0.4, -0.2) is 36.6 Å². The van der Waals surface area contributed by atoms with E-state index in [9.17, 15) is 14.0 Å². The van der Waals surface area contributed by atoms with Crippen molar-refractivity contribution in [2.75, 3.05) is 24.7 Å². The largest absolute Gasteiger partial charge is 0.444 e. The Bertz CT molecular complexity index is 1360. The summed E-state index contributed by atoms with van der Waals surface area (Å²) in [6.45, 7) is 6.54. The maximum absolute atomic E-state index is 13.9. The van der Waals surface area contributed by atoms with Crippen LogP contribution in [0.4, 0.5) is 20.6 Å². The predicted octanol–water partition coefficient (Wildman–Crippen LogP) is 5.84. The third-order valence-corrected chi connectivity index (χ3v) is 5.78. The van der Waals surface area contributed by atoms with Gasteiger partial charge in [0.25, 0.3) is 5.91 Å². The third-order valence-electron chi connectivity index (χ3n) is 5.78. The van der Waals surface area contributed by atoms with E-state index < -0.39 is 17.5 Å². The van der Waals surface area contributed by atoms with E-state index in [0.29, 0.717) is 29.1 Å². The van der Waals surface area contributed by atoms with Gasteiger partial charge in [0.05, 0.1) is 17.0 Å². The number of alkyl carbamates (subject to hydrolysis) is 1. The Morgan fingerprint density at radius 3 is 2.26 bits per heavy atom. The Balaban J connectivity index is 1.65. The molecule has 1 aliphatic heterocycles. The molecule has 1 heterocycles. The highest BCUT2D eigenvalue weighted by Crippen LogP contribution is 2.38. The van der Waals surface area contributed by atoms with Crippen LogP contribution < -0.4 is 16.0 Å². The number of amides is 2. The molecule has 0 saturated carbocycles. The minimum Gasteiger partial charge on any atom is -0.444 e. The van der Waals surface area contributed by atoms with Crippen LogP contribution in [0.15, 0.2) is 66.7 Å². The van der Waals surface area contributed by atoms with Crippen LogP contribution in [0.3, 0.4) is 0 Å². The van der Waals surface area contributed by atoms with Crippen molar-refractivity contribution < 1.29 is 18.7 Å². The summed E-state index contributed by atoms with van der Waals surface area (Å²) >= 11 is 0. The lowest BCUT2D eigenvalue weighted by atomic mass is 9.99. The average Bonchev–Trinajstić information content (AvgIpc) is 3.15. The van der Waals surface area contributed by atoms with Gasteiger partial charge in [-0.3, -0.25) is 4.79 Å². The number of rotatable bonds is 7. The highest BCUT2D eigenvalue weighted by Gasteiger charge is 2.29. The van der Waals surface area contributed by atoms with Gasteiger partial charge in [-0.05, 0) is 81.9 Å². The zero-order chi connectivity index (χ0) is 27.4. The quantitative estimate of drug-likeness (QED) is 0.344. The van der Waals surface area contributed by atoms with Crippen LogP contribution in [0.5, 0.6) is 0 Å². The first-order chi connectivity index (χ1) is 18.0. The molecule has 7 nitrogen and oxygen atoms in total. The van der Waals surface area contributed by atoms with Crippen molar-refractivity contribution in [3.05, 3.63) is 94.8 Å². The normalized spacial score (nSPS) is 14.1. The lowest BCUT2D eigenvalue weighted by Crippen LogP contribution is -2.32. The molecule has 0 radical (unpaired) electrons. The molecule has 0 unspecified atom stereocenters. The Morgan fingerprint density at radius 1 is 0.974 bits per heavy atom. The summed E-state index contributed by atoms with van der Waals surface area (Å²) in [6, 6.07) is 19.8. The summed E-state index contributed by atoms with van der Waals surface area (Å²) in [5, 5.41) is 8.95. The van der Waals surface area contributed by atoms with Gasteiger partial charge >= 0.3 is 6.09 Å². The first-order valence-corrected chi connectivity index (χ1v) is 12.4. The van der Waals surface area contributed by atoms with Crippen molar-refractivity contribution in [3.8, 4) is 0 Å². The van der Waals surface area contributed by atoms with E-state index in [1.807, 2.05) is 83.4 Å². The maximum Gasteiger partial charge on any atom is 0.407 e. The number of carbonyl (C=O) groups is 2. The summed E-state index contributed by atoms with van der Waals surface area (Å²) < 4.78 is 19.2. The van der Waals surface area contributed by atoms with Crippen molar-refractivity contribution >= 4 is 34.6 Å². The summed E-state index contributed by atoms with van der Waals surface area (Å²) in [7, 11) is 4.03. The summed E-state index contributed by atoms with van der Waals surface area (Å²) in [4.78, 5) is 27.2. The molecular weight excluding hydrogens is 483 g/mol. The van der Waals surface area contributed by atoms with E-state index in [-0.39, 0.29) is 5.91 Å². The Kier molecular flexibility index (Phi) is 7.83. The van der Waals surface area contributed by atoms with E-state index in [2.05, 4.69) is 20.9 Å². The zero-order valence-electron chi connectivity index (χ0n) is 22.3. The monoisotopic (exact) mass is 516 g/mol. The minimum atomic E-state index is -0.577. The second-order valence-corrected chi connectivity index (χ2v) is 10.5. The van der Waals surface area contributed by atoms with Crippen molar-refractivity contribution in [3.63, 3.8) is 0 Å². The van der Waals surface area contributed by atoms with Crippen LogP contribution in [0.1, 0.15) is 43.0 Å². The molecule has 4 rings (SSSR count). The molecule has 2 amide bonds. The van der Waals surface area contributed by atoms with E-state index >= 15 is 0 Å². The molecule has 0 fully saturated rings. The number of anilines is 2. The fraction of sp³-hybridized carbons (Fsp3) is 0.267. The van der Waals surface area contributed by atoms with Gasteiger partial charge < -0.3 is 25.6 Å². The smallest absolute Gasteiger partial charge is 0.407 e. The average molecular weight is 517 g/mol. The fourth-order valence-electron chi connectivity index (χ4n) is 4.15. The Morgan fingerprint density at radius 2 is 1.63 bits per heavy atom. The standard InChI is InChI=1S/C30H33FN4O3/c1-30(2,3)38-29(37)32-17-19-6-10-21(11-7-19)27(33-23-13-8-20(9-14-23)18-35(4)5)26-24-15-12-22(31)16-25(24)34-28(26)36/h6-16,33H,17-18H2,1-5H3,(H,32,37)(H,34,36). The van der Waals surface area contributed by atoms with Crippen LogP contribution >= 0.6 is 0 Å². The number of benzene rings is 3. The van der Waals surface area contributed by atoms with Gasteiger partial charge in [0.2, 0.25) is 0 Å². The van der Waals surface area contributed by atoms with Gasteiger partial charge in [0, 0.05) is 24.3 Å². The van der Waals surface area contributed by atoms with E-state index in [0.717, 1.165) is 28.9 Å². The summed E-state index contributed by atoms with van der Waals surface area (Å²) in [5.74, 6) is -0.730. The molecule has 0 aromatic heterocycles. The number of hydrogen-bond acceptors (Lipinski definition) is 5. The number of ether oxygens (including phenoxy) is 1. The number of carbonyl (C=O) groups excluding carboxylic acids is 2. The number of halogens is 1. The highest BCUT2D eigenvalue weighted by atomic mass is 19.1. The Labute approximate surface area is 222 Å². The maximum atomic E-state index is 13.9. The Hall–Kier alpha value is -4.17. The molecule has 3 aromatic rings. The van der Waals surface area contributed by atoms with Crippen LogP contribution in [-0.2, 0) is 22.6 Å². The molecule has 8 heteroatoms. The van der Waals surface area contributed by atoms with Crippen LogP contribution in [0.2, 0.25) is 0 Å². The third kappa shape index (κ3) is 6.77. The molecule has 0 saturated heterocycles. The fourth-order valence-corrected chi connectivity index (χ4v) is 4.15. The van der Waals surface area contributed by atoms with E-state index in [1.54, 1.807) is 6.07 Å². The first kappa shape index (κ1) is 26.9. The van der Waals surface area contributed by atoms with E-state index in [4.69, 9.17) is 4.74 Å². The molecule has 38 heavy (non-hydrogen) atoms. The second kappa shape index (κ2) is 11.1. The molecule has 198 valence electrons. The van der Waals surface area contributed by atoms with Crippen molar-refractivity contribution in [2.24, 2.45) is 0 Å². The molecule has 0 bridgehead atoms. The van der Waals surface area contributed by atoms with Crippen molar-refractivity contribution in [2.45, 2.75) is 39.5 Å². The zero-order valence-corrected chi connectivity index (χ0v) is 22.3. The molecule has 1 aliphatic rings. The van der Waals surface area contributed by atoms with Crippen molar-refractivity contribution in [1.82, 2.24) is 10.2 Å². The van der Waals surface area contributed by atoms with Crippen LogP contribution in [0.25, 0.3) is 11.3 Å². The topological polar surface area (TPSA) is 82.7 Å². The van der Waals surface area contributed by atoms with Gasteiger partial charge in [-0.1, -0.05) is 36.4 Å².